The minimum atomic E-state index is -1.01. The molecule has 9 nitrogen and oxygen atoms in total. The van der Waals surface area contributed by atoms with Crippen LogP contribution in [0.3, 0.4) is 0 Å². The van der Waals surface area contributed by atoms with Crippen molar-refractivity contribution >= 4 is 39.8 Å². The molecule has 3 aromatic rings. The molecule has 11 heteroatoms. The van der Waals surface area contributed by atoms with Gasteiger partial charge in [-0.05, 0) is 50.4 Å². The number of rotatable bonds is 7. The lowest BCUT2D eigenvalue weighted by atomic mass is 10.0. The molecule has 2 fully saturated rings. The van der Waals surface area contributed by atoms with E-state index in [2.05, 4.69) is 51.4 Å². The summed E-state index contributed by atoms with van der Waals surface area (Å²) in [7, 11) is 2.11. The van der Waals surface area contributed by atoms with Gasteiger partial charge in [-0.3, -0.25) is 4.79 Å². The molecule has 43 heavy (non-hydrogen) atoms. The number of hydrogen-bond donors (Lipinski definition) is 0. The Morgan fingerprint density at radius 2 is 1.95 bits per heavy atom. The third-order valence-electron chi connectivity index (χ3n) is 8.85. The molecule has 0 radical (unpaired) electrons. The third-order valence-corrected chi connectivity index (χ3v) is 9.16. The van der Waals surface area contributed by atoms with Crippen LogP contribution in [0.1, 0.15) is 24.1 Å². The van der Waals surface area contributed by atoms with Crippen molar-refractivity contribution < 1.29 is 13.9 Å². The largest absolute Gasteiger partial charge is 0.462 e. The number of likely N-dealkylation sites (tertiary alicyclic amines) is 1. The van der Waals surface area contributed by atoms with E-state index in [9.17, 15) is 9.18 Å². The topological polar surface area (TPSA) is 69.4 Å². The molecular weight excluding hydrogens is 569 g/mol. The van der Waals surface area contributed by atoms with Crippen LogP contribution in [-0.4, -0.2) is 90.7 Å². The second-order valence-corrected chi connectivity index (χ2v) is 11.9. The van der Waals surface area contributed by atoms with E-state index in [0.717, 1.165) is 59.5 Å². The van der Waals surface area contributed by atoms with E-state index < -0.39 is 17.8 Å². The minimum absolute atomic E-state index is 0.0653. The van der Waals surface area contributed by atoms with E-state index in [1.54, 1.807) is 0 Å². The van der Waals surface area contributed by atoms with Gasteiger partial charge in [0.05, 0.1) is 17.3 Å². The fraction of sp³-hybridized carbons (Fsp3) is 0.438. The Morgan fingerprint density at radius 3 is 2.70 bits per heavy atom. The van der Waals surface area contributed by atoms with Crippen LogP contribution < -0.4 is 14.5 Å². The first kappa shape index (κ1) is 29.1. The fourth-order valence-electron chi connectivity index (χ4n) is 6.55. The molecule has 2 atom stereocenters. The Hall–Kier alpha value is -3.94. The zero-order valence-corrected chi connectivity index (χ0v) is 25.1. The van der Waals surface area contributed by atoms with Crippen LogP contribution in [0.5, 0.6) is 6.01 Å². The molecular formula is C32H35ClFN7O2. The predicted molar refractivity (Wildman–Crippen MR) is 166 cm³/mol. The molecule has 0 N–H and O–H groups in total. The first-order valence-electron chi connectivity index (χ1n) is 14.7. The summed E-state index contributed by atoms with van der Waals surface area (Å²) in [6, 6.07) is 12.3. The third kappa shape index (κ3) is 5.84. The Labute approximate surface area is 256 Å². The van der Waals surface area contributed by atoms with Gasteiger partial charge < -0.3 is 29.2 Å². The number of aromatic nitrogens is 2. The number of carbonyl (C=O) groups excluding carboxylic acids is 1. The van der Waals surface area contributed by atoms with Gasteiger partial charge >= 0.3 is 6.01 Å². The molecule has 3 aliphatic heterocycles. The number of amides is 1. The number of likely N-dealkylation sites (N-methyl/N-ethyl adjacent to an activating group) is 1. The highest BCUT2D eigenvalue weighted by atomic mass is 35.5. The average molecular weight is 604 g/mol. The van der Waals surface area contributed by atoms with Crippen LogP contribution in [-0.2, 0) is 17.8 Å². The quantitative estimate of drug-likeness (QED) is 0.285. The number of nitrogens with zero attached hydrogens (tertiary/aromatic N) is 7. The van der Waals surface area contributed by atoms with Crippen molar-refractivity contribution in [2.45, 2.75) is 37.9 Å². The molecule has 0 saturated carbocycles. The molecule has 2 aromatic carbocycles. The van der Waals surface area contributed by atoms with Crippen LogP contribution in [0, 0.1) is 6.57 Å². The van der Waals surface area contributed by atoms with Crippen molar-refractivity contribution in [3.05, 3.63) is 76.5 Å². The van der Waals surface area contributed by atoms with E-state index >= 15 is 0 Å². The van der Waals surface area contributed by atoms with Crippen LogP contribution in [0.25, 0.3) is 15.6 Å². The molecule has 0 bridgehead atoms. The summed E-state index contributed by atoms with van der Waals surface area (Å²) in [5, 5.41) is 2.81. The number of ether oxygens (including phenoxy) is 1. The zero-order chi connectivity index (χ0) is 30.1. The second kappa shape index (κ2) is 12.3. The summed E-state index contributed by atoms with van der Waals surface area (Å²) in [6.45, 7) is 14.6. The normalized spacial score (nSPS) is 20.7. The molecule has 2 saturated heterocycles. The number of fused-ring (bicyclic) bond motifs is 2. The molecule has 6 rings (SSSR count). The van der Waals surface area contributed by atoms with Crippen LogP contribution in [0.15, 0.2) is 48.8 Å². The number of piperazine rings is 1. The molecule has 224 valence electrons. The maximum atomic E-state index is 13.8. The molecule has 4 heterocycles. The van der Waals surface area contributed by atoms with Crippen LogP contribution in [0.2, 0.25) is 5.02 Å². The zero-order valence-electron chi connectivity index (χ0n) is 24.3. The van der Waals surface area contributed by atoms with Crippen LogP contribution >= 0.6 is 11.6 Å². The van der Waals surface area contributed by atoms with Crippen LogP contribution in [0.4, 0.5) is 15.9 Å². The van der Waals surface area contributed by atoms with Crippen molar-refractivity contribution in [1.29, 1.82) is 0 Å². The first-order valence-corrected chi connectivity index (χ1v) is 15.1. The lowest BCUT2D eigenvalue weighted by molar-refractivity contribution is -0.131. The molecule has 1 aromatic heterocycles. The highest BCUT2D eigenvalue weighted by Crippen LogP contribution is 2.37. The Kier molecular flexibility index (Phi) is 8.37. The Bertz CT molecular complexity index is 1590. The maximum absolute atomic E-state index is 13.8. The van der Waals surface area contributed by atoms with Gasteiger partial charge in [-0.15, -0.1) is 0 Å². The van der Waals surface area contributed by atoms with Gasteiger partial charge in [0, 0.05) is 48.9 Å². The summed E-state index contributed by atoms with van der Waals surface area (Å²) in [5.41, 5.74) is 2.97. The van der Waals surface area contributed by atoms with Gasteiger partial charge in [0.25, 0.3) is 5.91 Å². The van der Waals surface area contributed by atoms with Gasteiger partial charge in [-0.1, -0.05) is 42.4 Å². The highest BCUT2D eigenvalue weighted by molar-refractivity contribution is 6.36. The van der Waals surface area contributed by atoms with Gasteiger partial charge in [-0.25, -0.2) is 11.0 Å². The fourth-order valence-corrected chi connectivity index (χ4v) is 6.83. The monoisotopic (exact) mass is 603 g/mol. The molecule has 1 amide bonds. The second-order valence-electron chi connectivity index (χ2n) is 11.5. The van der Waals surface area contributed by atoms with Crippen molar-refractivity contribution in [2.75, 3.05) is 62.7 Å². The molecule has 0 aliphatic carbocycles. The van der Waals surface area contributed by atoms with Gasteiger partial charge in [-0.2, -0.15) is 9.97 Å². The standard InChI is InChI=1S/C32H35ClFN7O2/c1-21(34)31(42)41-16-15-40(18-24(41)17-35-2)30-25-12-14-39(28-11-5-8-22-7-4-10-26(33)29(22)28)19-27(25)36-32(37-30)43-20-23-9-6-13-38(23)3/h4-5,7-8,10-11,23-24H,1,6,9,12-20H2,3H3/t23?,24-/m0/s1. The summed E-state index contributed by atoms with van der Waals surface area (Å²) in [4.78, 5) is 34.0. The molecule has 0 spiro atoms. The van der Waals surface area contributed by atoms with E-state index in [4.69, 9.17) is 32.9 Å². The summed E-state index contributed by atoms with van der Waals surface area (Å²) >= 11 is 6.68. The number of halogens is 2. The number of anilines is 2. The SMILES string of the molecule is [C-]#[N+]C[C@H]1CN(c2nc(OCC3CCCN3C)nc3c2CCN(c2cccc4cccc(Cl)c24)C3)CCN1C(=O)C(=C)F. The van der Waals surface area contributed by atoms with Crippen molar-refractivity contribution in [1.82, 2.24) is 19.8 Å². The summed E-state index contributed by atoms with van der Waals surface area (Å²) in [5.74, 6) is -1.01. The number of hydrogen-bond acceptors (Lipinski definition) is 7. The van der Waals surface area contributed by atoms with Gasteiger partial charge in [0.15, 0.2) is 5.83 Å². The summed E-state index contributed by atoms with van der Waals surface area (Å²) in [6.07, 6.45) is 2.91. The predicted octanol–water partition coefficient (Wildman–Crippen LogP) is 4.74. The average Bonchev–Trinajstić information content (AvgIpc) is 3.43. The summed E-state index contributed by atoms with van der Waals surface area (Å²) < 4.78 is 20.0. The Balaban J connectivity index is 1.34. The van der Waals surface area contributed by atoms with Gasteiger partial charge in [0.1, 0.15) is 18.5 Å². The highest BCUT2D eigenvalue weighted by Gasteiger charge is 2.36. The number of carbonyl (C=O) groups is 1. The van der Waals surface area contributed by atoms with E-state index in [1.807, 2.05) is 18.2 Å². The first-order chi connectivity index (χ1) is 20.8. The smallest absolute Gasteiger partial charge is 0.318 e. The molecule has 1 unspecified atom stereocenters. The van der Waals surface area contributed by atoms with E-state index in [1.165, 1.54) is 4.90 Å². The lowest BCUT2D eigenvalue weighted by Gasteiger charge is -2.41. The van der Waals surface area contributed by atoms with Gasteiger partial charge in [0.2, 0.25) is 6.54 Å². The maximum Gasteiger partial charge on any atom is 0.318 e. The lowest BCUT2D eigenvalue weighted by Crippen LogP contribution is -2.57. The Morgan fingerprint density at radius 1 is 1.14 bits per heavy atom. The van der Waals surface area contributed by atoms with E-state index in [-0.39, 0.29) is 13.1 Å². The van der Waals surface area contributed by atoms with Crippen molar-refractivity contribution in [2.24, 2.45) is 0 Å². The number of benzene rings is 2. The van der Waals surface area contributed by atoms with E-state index in [0.29, 0.717) is 49.7 Å². The van der Waals surface area contributed by atoms with Crippen molar-refractivity contribution in [3.63, 3.8) is 0 Å². The molecule has 3 aliphatic rings. The van der Waals surface area contributed by atoms with Crippen molar-refractivity contribution in [3.8, 4) is 6.01 Å². The minimum Gasteiger partial charge on any atom is -0.462 e.